The summed E-state index contributed by atoms with van der Waals surface area (Å²) in [5.41, 5.74) is 4.22. The quantitative estimate of drug-likeness (QED) is 0.112. The zero-order valence-electron chi connectivity index (χ0n) is 34.8. The van der Waals surface area contributed by atoms with E-state index in [1.807, 2.05) is 56.4 Å². The number of carbonyl (C=O) groups excluding carboxylic acids is 2. The Kier molecular flexibility index (Phi) is 30.2. The van der Waals surface area contributed by atoms with E-state index in [-0.39, 0.29) is 61.1 Å². The molecule has 6 heterocycles. The second kappa shape index (κ2) is 30.8. The molecule has 0 fully saturated rings. The second-order valence-corrected chi connectivity index (χ2v) is 15.1. The number of nitrogens with zero attached hydrogens (tertiary/aromatic N) is 10. The van der Waals surface area contributed by atoms with Crippen molar-refractivity contribution in [1.82, 2.24) is 44.3 Å². The number of hydrogen-bond acceptors (Lipinski definition) is 9. The van der Waals surface area contributed by atoms with Gasteiger partial charge >= 0.3 is 29.6 Å². The van der Waals surface area contributed by atoms with Gasteiger partial charge in [0.15, 0.2) is 15.5 Å². The van der Waals surface area contributed by atoms with Crippen LogP contribution in [0, 0.1) is 0 Å². The van der Waals surface area contributed by atoms with Crippen molar-refractivity contribution < 1.29 is 44.3 Å². The molecule has 0 aliphatic heterocycles. The normalized spacial score (nSPS) is 9.82. The Morgan fingerprint density at radius 2 is 1.10 bits per heavy atom. The summed E-state index contributed by atoms with van der Waals surface area (Å²) in [7, 11) is 0. The van der Waals surface area contributed by atoms with Crippen molar-refractivity contribution in [2.75, 3.05) is 16.8 Å². The van der Waals surface area contributed by atoms with Crippen molar-refractivity contribution >= 4 is 80.5 Å². The Bertz CT molecular complexity index is 2080. The van der Waals surface area contributed by atoms with E-state index in [9.17, 15) is 14.7 Å². The Morgan fingerprint density at radius 1 is 0.733 bits per heavy atom. The maximum Gasteiger partial charge on any atom is 1.00 e. The van der Waals surface area contributed by atoms with E-state index in [0.29, 0.717) is 34.1 Å². The number of aryl methyl sites for hydroxylation is 1. The van der Waals surface area contributed by atoms with Crippen LogP contribution in [-0.2, 0) is 22.4 Å². The molecule has 0 atom stereocenters. The third-order valence-corrected chi connectivity index (χ3v) is 7.71. The van der Waals surface area contributed by atoms with Crippen molar-refractivity contribution in [3.63, 3.8) is 0 Å². The molecule has 0 saturated heterocycles. The molecule has 0 spiro atoms. The summed E-state index contributed by atoms with van der Waals surface area (Å²) in [5.74, 6) is -0.00206. The van der Waals surface area contributed by atoms with Crippen LogP contribution in [0.3, 0.4) is 0 Å². The average molecular weight is 980 g/mol. The maximum absolute atomic E-state index is 11.5. The fourth-order valence-electron chi connectivity index (χ4n) is 4.55. The number of alkyl halides is 1. The molecule has 19 heteroatoms. The molecule has 0 N–H and O–H groups in total. The third-order valence-electron chi connectivity index (χ3n) is 6.81. The van der Waals surface area contributed by atoms with Crippen LogP contribution in [0.25, 0.3) is 17.1 Å². The van der Waals surface area contributed by atoms with Crippen molar-refractivity contribution in [2.24, 2.45) is 0 Å². The van der Waals surface area contributed by atoms with Crippen molar-refractivity contribution in [1.29, 1.82) is 0 Å². The predicted molar refractivity (Wildman–Crippen MR) is 244 cm³/mol. The number of ketones is 1. The van der Waals surface area contributed by atoms with Crippen LogP contribution in [0.5, 0.6) is 0 Å². The zero-order valence-corrected chi connectivity index (χ0v) is 41.5. The van der Waals surface area contributed by atoms with Crippen LogP contribution >= 0.6 is 63.1 Å². The minimum atomic E-state index is -0.750. The van der Waals surface area contributed by atoms with Crippen molar-refractivity contribution in [3.8, 4) is 17.1 Å². The van der Waals surface area contributed by atoms with Gasteiger partial charge in [-0.3, -0.25) is 24.5 Å². The predicted octanol–water partition coefficient (Wildman–Crippen LogP) is 6.83. The number of Topliss-reactive ketones (excluding diaryl/α,β-unsaturated/α-hetero) is 1. The van der Waals surface area contributed by atoms with Crippen LogP contribution in [0.15, 0.2) is 92.2 Å². The number of anilines is 1. The van der Waals surface area contributed by atoms with Crippen molar-refractivity contribution in [3.05, 3.63) is 119 Å². The Balaban J connectivity index is 0. The molecule has 60 heavy (non-hydrogen) atoms. The summed E-state index contributed by atoms with van der Waals surface area (Å²) < 4.78 is 4.99. The third kappa shape index (κ3) is 21.6. The standard InChI is InChI=1S/C12H13ClN4O.C11H10ClN3O.C11H12ClN3.C4H9O.C2H5Br.CH4.ClH.Na/c1-3-16(9(2)18)11-8-17(15-12(11)13)10-5-4-6-14-7-10;1-8(16)5-9-7-15(14-11(9)12)10-3-2-4-13-6-10;1-2-4-9-8-15(14-11(9)12)10-5-3-6-13-7-10;1-4(2,3)5;1-2-3;;;/h4-8H,3H2,1-2H3;2-4,6-7H,5H2,1H3;3,5-8H,2,4H2,1H3;1-3H3;2H2,1H3;1H4;1H;/q;;;-1;;;;+1. The minimum Gasteiger partial charge on any atom is -0.850 e. The van der Waals surface area contributed by atoms with Gasteiger partial charge in [-0.05, 0) is 56.7 Å². The first-order valence-electron chi connectivity index (χ1n) is 18.0. The number of hydrogen-bond donors (Lipinski definition) is 0. The fraction of sp³-hybridized carbons (Fsp3) is 0.366. The van der Waals surface area contributed by atoms with Crippen LogP contribution < -0.4 is 39.6 Å². The maximum atomic E-state index is 11.5. The molecule has 6 aromatic heterocycles. The van der Waals surface area contributed by atoms with E-state index in [4.69, 9.17) is 34.8 Å². The summed E-state index contributed by atoms with van der Waals surface area (Å²) in [5, 5.41) is 25.0. The fourth-order valence-corrected chi connectivity index (χ4v) is 5.21. The topological polar surface area (TPSA) is 153 Å². The molecule has 0 saturated carbocycles. The summed E-state index contributed by atoms with van der Waals surface area (Å²) in [6.07, 6.45) is 18.0. The number of aromatic nitrogens is 9. The summed E-state index contributed by atoms with van der Waals surface area (Å²) in [6, 6.07) is 11.2. The molecule has 0 aromatic carbocycles. The summed E-state index contributed by atoms with van der Waals surface area (Å²) in [6.45, 7) is 14.5. The summed E-state index contributed by atoms with van der Waals surface area (Å²) in [4.78, 5) is 36.1. The van der Waals surface area contributed by atoms with Gasteiger partial charge in [-0.2, -0.15) is 15.3 Å². The Morgan fingerprint density at radius 3 is 1.43 bits per heavy atom. The van der Waals surface area contributed by atoms with Gasteiger partial charge in [0.1, 0.15) is 11.5 Å². The number of carbonyl (C=O) groups is 2. The number of pyridine rings is 3. The Hall–Kier alpha value is -3.18. The molecule has 0 aliphatic rings. The van der Waals surface area contributed by atoms with E-state index in [2.05, 4.69) is 53.1 Å². The molecule has 0 unspecified atom stereocenters. The van der Waals surface area contributed by atoms with Crippen LogP contribution in [0.1, 0.15) is 80.4 Å². The minimum absolute atomic E-state index is 0. The molecule has 6 rings (SSSR count). The van der Waals surface area contributed by atoms with E-state index >= 15 is 0 Å². The first-order chi connectivity index (χ1) is 27.0. The molecule has 1 amide bonds. The number of amides is 1. The van der Waals surface area contributed by atoms with Crippen molar-refractivity contribution in [2.45, 2.75) is 87.7 Å². The van der Waals surface area contributed by atoms with E-state index in [1.165, 1.54) is 13.8 Å². The van der Waals surface area contributed by atoms with Crippen LogP contribution in [0.4, 0.5) is 5.69 Å². The van der Waals surface area contributed by atoms with Gasteiger partial charge in [0.25, 0.3) is 0 Å². The average Bonchev–Trinajstić information content (AvgIpc) is 3.85. The molecule has 0 radical (unpaired) electrons. The van der Waals surface area contributed by atoms with Gasteiger partial charge in [0, 0.05) is 67.3 Å². The summed E-state index contributed by atoms with van der Waals surface area (Å²) >= 11 is 21.2. The molecule has 0 bridgehead atoms. The van der Waals surface area contributed by atoms with Crippen LogP contribution in [-0.4, -0.2) is 73.5 Å². The molecular weight excluding hydrogens is 925 g/mol. The Labute approximate surface area is 406 Å². The van der Waals surface area contributed by atoms with Gasteiger partial charge in [-0.15, -0.1) is 18.0 Å². The first-order valence-corrected chi connectivity index (χ1v) is 20.3. The molecule has 13 nitrogen and oxygen atoms in total. The van der Waals surface area contributed by atoms with Crippen LogP contribution in [0.2, 0.25) is 15.5 Å². The zero-order chi connectivity index (χ0) is 42.5. The molecule has 0 aliphatic carbocycles. The smallest absolute Gasteiger partial charge is 0.850 e. The second-order valence-electron chi connectivity index (χ2n) is 12.9. The first kappa shape index (κ1) is 58.9. The van der Waals surface area contributed by atoms with Gasteiger partial charge in [0.2, 0.25) is 5.91 Å². The van der Waals surface area contributed by atoms with E-state index < -0.39 is 5.60 Å². The number of rotatable bonds is 9. The van der Waals surface area contributed by atoms with Gasteiger partial charge in [0.05, 0.1) is 41.8 Å². The monoisotopic (exact) mass is 976 g/mol. The van der Waals surface area contributed by atoms with E-state index in [0.717, 1.165) is 46.4 Å². The molecule has 6 aromatic rings. The van der Waals surface area contributed by atoms with Gasteiger partial charge in [-0.1, -0.05) is 99.2 Å². The van der Waals surface area contributed by atoms with E-state index in [1.54, 1.807) is 89.3 Å². The molecular formula is C41H54BrCl4N10NaO3. The molecule has 322 valence electrons. The largest absolute Gasteiger partial charge is 1.00 e. The number of halogens is 5. The van der Waals surface area contributed by atoms with Gasteiger partial charge in [-0.25, -0.2) is 14.0 Å². The van der Waals surface area contributed by atoms with Gasteiger partial charge < -0.3 is 10.0 Å². The SMILES string of the molecule is C.CC(=O)Cc1cn(-c2cccnc2)nc1Cl.CC(C)(C)[O-].CCBr.CCCc1cn(-c2cccnc2)nc1Cl.CCN(C(C)=O)c1cn(-c2cccnc2)nc1Cl.Cl.[Na+].